The lowest BCUT2D eigenvalue weighted by molar-refractivity contribution is -0.114. The smallest absolute Gasteiger partial charge is 0.265 e. The maximum absolute atomic E-state index is 13.1. The Hall–Kier alpha value is -4.17. The predicted octanol–water partition coefficient (Wildman–Crippen LogP) is 4.53. The summed E-state index contributed by atoms with van der Waals surface area (Å²) in [6, 6.07) is 25.6. The van der Waals surface area contributed by atoms with E-state index in [1.54, 1.807) is 36.4 Å². The first-order chi connectivity index (χ1) is 16.0. The van der Waals surface area contributed by atoms with Gasteiger partial charge in [0.25, 0.3) is 10.0 Å². The number of aromatic amines is 1. The Balaban J connectivity index is 1.22. The van der Waals surface area contributed by atoms with Crippen molar-refractivity contribution in [3.8, 4) is 11.4 Å². The number of anilines is 2. The van der Waals surface area contributed by atoms with E-state index < -0.39 is 15.9 Å². The van der Waals surface area contributed by atoms with Crippen LogP contribution >= 0.6 is 0 Å². The van der Waals surface area contributed by atoms with Crippen molar-refractivity contribution in [2.75, 3.05) is 16.2 Å². The number of hydrogen-bond acceptors (Lipinski definition) is 4. The molecule has 0 radical (unpaired) electrons. The molecule has 0 aliphatic carbocycles. The molecule has 2 N–H and O–H groups in total. The molecule has 1 amide bonds. The fourth-order valence-electron chi connectivity index (χ4n) is 4.26. The molecule has 6 rings (SSSR count). The lowest BCUT2D eigenvalue weighted by atomic mass is 10.1. The standard InChI is InChI=1S/C25H18N4O3S/c30-23(15-29-21-9-3-5-16-6-4-10-22(24(16)21)33(29,31)32)26-18-13-11-17(12-14-18)25-27-19-7-1-2-8-20(19)28-25/h1-14H,15H2,(H,26,30)(H,27,28). The van der Waals surface area contributed by atoms with Gasteiger partial charge >= 0.3 is 0 Å². The van der Waals surface area contributed by atoms with Crippen LogP contribution in [0.5, 0.6) is 0 Å². The maximum Gasteiger partial charge on any atom is 0.265 e. The average Bonchev–Trinajstić information content (AvgIpc) is 3.34. The van der Waals surface area contributed by atoms with Crippen molar-refractivity contribution in [3.05, 3.63) is 84.9 Å². The summed E-state index contributed by atoms with van der Waals surface area (Å²) in [5.74, 6) is 0.322. The maximum atomic E-state index is 13.1. The summed E-state index contributed by atoms with van der Waals surface area (Å²) in [5, 5.41) is 4.28. The van der Waals surface area contributed by atoms with E-state index in [0.717, 1.165) is 27.8 Å². The van der Waals surface area contributed by atoms with Crippen LogP contribution in [-0.2, 0) is 14.8 Å². The Morgan fingerprint density at radius 2 is 1.67 bits per heavy atom. The van der Waals surface area contributed by atoms with Crippen molar-refractivity contribution < 1.29 is 13.2 Å². The highest BCUT2D eigenvalue weighted by atomic mass is 32.2. The molecule has 1 aromatic heterocycles. The molecular weight excluding hydrogens is 436 g/mol. The fourth-order valence-corrected chi connectivity index (χ4v) is 5.93. The molecule has 8 heteroatoms. The Morgan fingerprint density at radius 1 is 0.909 bits per heavy atom. The number of H-pyrrole nitrogens is 1. The van der Waals surface area contributed by atoms with E-state index in [2.05, 4.69) is 15.3 Å². The van der Waals surface area contributed by atoms with Crippen LogP contribution in [0.1, 0.15) is 0 Å². The van der Waals surface area contributed by atoms with Crippen molar-refractivity contribution in [1.82, 2.24) is 9.97 Å². The van der Waals surface area contributed by atoms with Crippen LogP contribution in [0.4, 0.5) is 11.4 Å². The van der Waals surface area contributed by atoms with Crippen LogP contribution in [0.3, 0.4) is 0 Å². The van der Waals surface area contributed by atoms with Gasteiger partial charge in [0.15, 0.2) is 0 Å². The number of carbonyl (C=O) groups excluding carboxylic acids is 1. The van der Waals surface area contributed by atoms with E-state index in [4.69, 9.17) is 0 Å². The molecule has 0 bridgehead atoms. The number of sulfonamides is 1. The van der Waals surface area contributed by atoms with Crippen molar-refractivity contribution in [1.29, 1.82) is 0 Å². The second-order valence-corrected chi connectivity index (χ2v) is 9.70. The third kappa shape index (κ3) is 3.15. The zero-order valence-corrected chi connectivity index (χ0v) is 18.1. The summed E-state index contributed by atoms with van der Waals surface area (Å²) in [7, 11) is -3.78. The van der Waals surface area contributed by atoms with Gasteiger partial charge in [-0.05, 0) is 53.9 Å². The molecule has 0 fully saturated rings. The van der Waals surface area contributed by atoms with Gasteiger partial charge in [0, 0.05) is 16.6 Å². The first-order valence-corrected chi connectivity index (χ1v) is 11.8. The molecular formula is C25H18N4O3S. The number of aromatic nitrogens is 2. The minimum Gasteiger partial charge on any atom is -0.338 e. The van der Waals surface area contributed by atoms with Crippen molar-refractivity contribution >= 4 is 49.1 Å². The van der Waals surface area contributed by atoms with E-state index in [1.165, 1.54) is 4.31 Å². The highest BCUT2D eigenvalue weighted by Gasteiger charge is 2.36. The number of nitrogens with zero attached hydrogens (tertiary/aromatic N) is 2. The van der Waals surface area contributed by atoms with Gasteiger partial charge in [-0.3, -0.25) is 9.10 Å². The highest BCUT2D eigenvalue weighted by Crippen LogP contribution is 2.41. The topological polar surface area (TPSA) is 95.2 Å². The Bertz CT molecular complexity index is 1620. The van der Waals surface area contributed by atoms with Gasteiger partial charge < -0.3 is 10.3 Å². The van der Waals surface area contributed by atoms with E-state index in [-0.39, 0.29) is 11.4 Å². The number of carbonyl (C=O) groups is 1. The van der Waals surface area contributed by atoms with E-state index >= 15 is 0 Å². The molecule has 1 aliphatic heterocycles. The third-order valence-electron chi connectivity index (χ3n) is 5.80. The second kappa shape index (κ2) is 7.18. The van der Waals surface area contributed by atoms with Crippen LogP contribution in [-0.4, -0.2) is 30.8 Å². The number of rotatable bonds is 4. The van der Waals surface area contributed by atoms with Crippen LogP contribution in [0.2, 0.25) is 0 Å². The molecule has 0 spiro atoms. The normalized spacial score (nSPS) is 14.1. The van der Waals surface area contributed by atoms with Crippen molar-refractivity contribution in [2.45, 2.75) is 4.90 Å². The molecule has 4 aromatic carbocycles. The number of amides is 1. The van der Waals surface area contributed by atoms with Crippen LogP contribution in [0, 0.1) is 0 Å². The summed E-state index contributed by atoms with van der Waals surface area (Å²) < 4.78 is 27.3. The van der Waals surface area contributed by atoms with Gasteiger partial charge in [-0.25, -0.2) is 13.4 Å². The number of fused-ring (bicyclic) bond motifs is 1. The zero-order valence-electron chi connectivity index (χ0n) is 17.3. The van der Waals surface area contributed by atoms with Gasteiger partial charge in [0.1, 0.15) is 12.4 Å². The number of para-hydroxylation sites is 2. The largest absolute Gasteiger partial charge is 0.338 e. The number of benzene rings is 4. The van der Waals surface area contributed by atoms with Gasteiger partial charge in [-0.1, -0.05) is 36.4 Å². The number of imidazole rings is 1. The van der Waals surface area contributed by atoms with E-state index in [0.29, 0.717) is 16.8 Å². The van der Waals surface area contributed by atoms with Gasteiger partial charge in [0.05, 0.1) is 21.6 Å². The zero-order chi connectivity index (χ0) is 22.6. The van der Waals surface area contributed by atoms with E-state index in [1.807, 2.05) is 48.5 Å². The first kappa shape index (κ1) is 19.5. The molecule has 0 unspecified atom stereocenters. The molecule has 1 aliphatic rings. The van der Waals surface area contributed by atoms with Gasteiger partial charge in [-0.2, -0.15) is 0 Å². The molecule has 33 heavy (non-hydrogen) atoms. The average molecular weight is 455 g/mol. The monoisotopic (exact) mass is 454 g/mol. The fraction of sp³-hybridized carbons (Fsp3) is 0.0400. The minimum atomic E-state index is -3.78. The third-order valence-corrected chi connectivity index (χ3v) is 7.60. The van der Waals surface area contributed by atoms with Crippen molar-refractivity contribution in [2.24, 2.45) is 0 Å². The number of hydrogen-bond donors (Lipinski definition) is 2. The molecule has 162 valence electrons. The van der Waals surface area contributed by atoms with Crippen LogP contribution in [0.15, 0.2) is 89.8 Å². The summed E-state index contributed by atoms with van der Waals surface area (Å²) in [4.78, 5) is 20.9. The molecule has 5 aromatic rings. The molecule has 0 saturated carbocycles. The van der Waals surface area contributed by atoms with Crippen LogP contribution in [0.25, 0.3) is 33.2 Å². The number of nitrogens with one attached hydrogen (secondary N) is 2. The molecule has 0 atom stereocenters. The van der Waals surface area contributed by atoms with Crippen LogP contribution < -0.4 is 9.62 Å². The summed E-state index contributed by atoms with van der Waals surface area (Å²) in [5.41, 5.74) is 3.82. The Kier molecular flexibility index (Phi) is 4.24. The second-order valence-electron chi connectivity index (χ2n) is 7.87. The summed E-state index contributed by atoms with van der Waals surface area (Å²) in [6.45, 7) is -0.304. The van der Waals surface area contributed by atoms with Gasteiger partial charge in [0.2, 0.25) is 5.91 Å². The lowest BCUT2D eigenvalue weighted by Crippen LogP contribution is -2.35. The highest BCUT2D eigenvalue weighted by molar-refractivity contribution is 7.93. The SMILES string of the molecule is O=C(CN1c2cccc3cccc(c23)S1(=O)=O)Nc1ccc(-c2nc3ccccc3[nH]2)cc1. The lowest BCUT2D eigenvalue weighted by Gasteiger charge is -2.18. The molecule has 7 nitrogen and oxygen atoms in total. The Labute approximate surface area is 189 Å². The summed E-state index contributed by atoms with van der Waals surface area (Å²) in [6.07, 6.45) is 0. The summed E-state index contributed by atoms with van der Waals surface area (Å²) >= 11 is 0. The molecule has 0 saturated heterocycles. The first-order valence-electron chi connectivity index (χ1n) is 10.4. The predicted molar refractivity (Wildman–Crippen MR) is 129 cm³/mol. The quantitative estimate of drug-likeness (QED) is 0.417. The minimum absolute atomic E-state index is 0.235. The van der Waals surface area contributed by atoms with Crippen molar-refractivity contribution in [3.63, 3.8) is 0 Å². The van der Waals surface area contributed by atoms with E-state index in [9.17, 15) is 13.2 Å². The van der Waals surface area contributed by atoms with Gasteiger partial charge in [-0.15, -0.1) is 0 Å². The Morgan fingerprint density at radius 3 is 2.45 bits per heavy atom. The molecule has 2 heterocycles.